The molecular formula is C19H22O6. The highest BCUT2D eigenvalue weighted by Gasteiger charge is 2.17. The minimum atomic E-state index is 0.0365. The Kier molecular flexibility index (Phi) is 6.00. The van der Waals surface area contributed by atoms with Gasteiger partial charge in [0.1, 0.15) is 0 Å². The maximum Gasteiger partial charge on any atom is 0.203 e. The summed E-state index contributed by atoms with van der Waals surface area (Å²) in [7, 11) is 7.72. The Morgan fingerprint density at radius 3 is 1.80 bits per heavy atom. The second-order valence-corrected chi connectivity index (χ2v) is 5.07. The number of methoxy groups -OCH3 is 5. The van der Waals surface area contributed by atoms with Crippen LogP contribution in [-0.2, 0) is 4.74 Å². The monoisotopic (exact) mass is 346 g/mol. The van der Waals surface area contributed by atoms with Gasteiger partial charge in [-0.3, -0.25) is 0 Å². The first kappa shape index (κ1) is 18.3. The smallest absolute Gasteiger partial charge is 0.203 e. The summed E-state index contributed by atoms with van der Waals surface area (Å²) in [5.41, 5.74) is 2.26. The number of rotatable bonds is 7. The molecule has 6 heteroatoms. The molecule has 25 heavy (non-hydrogen) atoms. The molecule has 0 atom stereocenters. The highest BCUT2D eigenvalue weighted by molar-refractivity contribution is 5.82. The summed E-state index contributed by atoms with van der Waals surface area (Å²) in [6.07, 6.45) is 1.59. The van der Waals surface area contributed by atoms with Crippen molar-refractivity contribution in [2.45, 2.75) is 0 Å². The molecule has 0 saturated carbocycles. The average molecular weight is 346 g/mol. The molecule has 0 amide bonds. The molecule has 0 spiro atoms. The highest BCUT2D eigenvalue weighted by Crippen LogP contribution is 2.41. The molecular weight excluding hydrogens is 324 g/mol. The summed E-state index contributed by atoms with van der Waals surface area (Å²) in [6.45, 7) is 0. The van der Waals surface area contributed by atoms with Gasteiger partial charge in [-0.25, -0.2) is 0 Å². The van der Waals surface area contributed by atoms with Gasteiger partial charge in [-0.05, 0) is 35.4 Å². The fourth-order valence-electron chi connectivity index (χ4n) is 2.51. The molecule has 0 aromatic heterocycles. The van der Waals surface area contributed by atoms with Gasteiger partial charge in [0.2, 0.25) is 5.75 Å². The summed E-state index contributed by atoms with van der Waals surface area (Å²) in [5, 5.41) is 10.1. The van der Waals surface area contributed by atoms with Gasteiger partial charge in [-0.1, -0.05) is 6.07 Å². The highest BCUT2D eigenvalue weighted by atomic mass is 16.5. The third-order valence-corrected chi connectivity index (χ3v) is 3.70. The van der Waals surface area contributed by atoms with Crippen molar-refractivity contribution in [1.29, 1.82) is 0 Å². The molecule has 134 valence electrons. The summed E-state index contributed by atoms with van der Waals surface area (Å²) < 4.78 is 26.5. The first-order valence-corrected chi connectivity index (χ1v) is 7.50. The molecule has 2 rings (SSSR count). The molecule has 0 saturated heterocycles. The van der Waals surface area contributed by atoms with E-state index in [0.29, 0.717) is 23.0 Å². The minimum Gasteiger partial charge on any atom is -0.504 e. The van der Waals surface area contributed by atoms with Crippen molar-refractivity contribution in [3.8, 4) is 28.7 Å². The van der Waals surface area contributed by atoms with Crippen LogP contribution in [0.3, 0.4) is 0 Å². The quantitative estimate of drug-likeness (QED) is 0.775. The van der Waals surface area contributed by atoms with Crippen LogP contribution in [-0.4, -0.2) is 40.7 Å². The predicted molar refractivity (Wildman–Crippen MR) is 94.8 cm³/mol. The number of phenols is 1. The molecule has 6 nitrogen and oxygen atoms in total. The van der Waals surface area contributed by atoms with Gasteiger partial charge in [0.25, 0.3) is 0 Å². The van der Waals surface area contributed by atoms with Crippen LogP contribution >= 0.6 is 0 Å². The summed E-state index contributed by atoms with van der Waals surface area (Å²) >= 11 is 0. The Morgan fingerprint density at radius 2 is 1.36 bits per heavy atom. The van der Waals surface area contributed by atoms with Crippen LogP contribution in [0.25, 0.3) is 5.57 Å². The molecule has 0 bridgehead atoms. The topological polar surface area (TPSA) is 66.4 Å². The molecule has 0 heterocycles. The molecule has 0 aliphatic heterocycles. The largest absolute Gasteiger partial charge is 0.504 e. The van der Waals surface area contributed by atoms with Gasteiger partial charge >= 0.3 is 0 Å². The van der Waals surface area contributed by atoms with Crippen molar-refractivity contribution in [1.82, 2.24) is 0 Å². The fourth-order valence-corrected chi connectivity index (χ4v) is 2.51. The van der Waals surface area contributed by atoms with Crippen molar-refractivity contribution >= 4 is 5.57 Å². The van der Waals surface area contributed by atoms with E-state index < -0.39 is 0 Å². The lowest BCUT2D eigenvalue weighted by atomic mass is 9.98. The van der Waals surface area contributed by atoms with Crippen molar-refractivity contribution in [2.75, 3.05) is 35.5 Å². The zero-order valence-corrected chi connectivity index (χ0v) is 15.0. The molecule has 0 fully saturated rings. The first-order valence-electron chi connectivity index (χ1n) is 7.50. The third-order valence-electron chi connectivity index (χ3n) is 3.70. The van der Waals surface area contributed by atoms with Crippen LogP contribution in [0.5, 0.6) is 28.7 Å². The lowest BCUT2D eigenvalue weighted by Gasteiger charge is -2.16. The maximum absolute atomic E-state index is 10.1. The normalized spacial score (nSPS) is 11.0. The van der Waals surface area contributed by atoms with Crippen LogP contribution in [0.1, 0.15) is 11.1 Å². The van der Waals surface area contributed by atoms with E-state index in [1.807, 2.05) is 18.2 Å². The molecule has 0 radical (unpaired) electrons. The Balaban J connectivity index is 2.62. The van der Waals surface area contributed by atoms with Crippen LogP contribution in [0.2, 0.25) is 0 Å². The third kappa shape index (κ3) is 3.74. The van der Waals surface area contributed by atoms with E-state index in [0.717, 1.165) is 16.7 Å². The molecule has 0 unspecified atom stereocenters. The van der Waals surface area contributed by atoms with Crippen LogP contribution in [0.4, 0.5) is 0 Å². The van der Waals surface area contributed by atoms with E-state index in [2.05, 4.69) is 0 Å². The van der Waals surface area contributed by atoms with Gasteiger partial charge in [0.15, 0.2) is 23.0 Å². The van der Waals surface area contributed by atoms with E-state index in [1.165, 1.54) is 7.11 Å². The Labute approximate surface area is 147 Å². The number of ether oxygens (including phenoxy) is 5. The number of benzene rings is 2. The van der Waals surface area contributed by atoms with E-state index in [-0.39, 0.29) is 5.75 Å². The van der Waals surface area contributed by atoms with E-state index >= 15 is 0 Å². The van der Waals surface area contributed by atoms with Gasteiger partial charge in [-0.2, -0.15) is 0 Å². The van der Waals surface area contributed by atoms with Crippen molar-refractivity contribution in [3.05, 3.63) is 47.7 Å². The molecule has 2 aromatic carbocycles. The van der Waals surface area contributed by atoms with Crippen molar-refractivity contribution < 1.29 is 28.8 Å². The second kappa shape index (κ2) is 8.19. The van der Waals surface area contributed by atoms with Crippen LogP contribution < -0.4 is 18.9 Å². The van der Waals surface area contributed by atoms with Gasteiger partial charge < -0.3 is 28.8 Å². The number of hydrogen-bond acceptors (Lipinski definition) is 6. The van der Waals surface area contributed by atoms with Crippen LogP contribution in [0, 0.1) is 0 Å². The Hall–Kier alpha value is -3.02. The Morgan fingerprint density at radius 1 is 0.760 bits per heavy atom. The number of hydrogen-bond donors (Lipinski definition) is 1. The predicted octanol–water partition coefficient (Wildman–Crippen LogP) is 3.46. The standard InChI is InChI=1S/C19H22O6/c1-21-11-14(12-6-7-16(22-2)15(20)8-12)13-9-17(23-3)19(25-5)18(10-13)24-4/h6-11,20H,1-5H3/b14-11-. The summed E-state index contributed by atoms with van der Waals surface area (Å²) in [6, 6.07) is 8.74. The zero-order valence-electron chi connectivity index (χ0n) is 15.0. The number of phenolic OH excluding ortho intramolecular Hbond substituents is 1. The fraction of sp³-hybridized carbons (Fsp3) is 0.263. The van der Waals surface area contributed by atoms with Crippen molar-refractivity contribution in [3.63, 3.8) is 0 Å². The number of aromatic hydroxyl groups is 1. The minimum absolute atomic E-state index is 0.0365. The second-order valence-electron chi connectivity index (χ2n) is 5.07. The van der Waals surface area contributed by atoms with Gasteiger partial charge in [0.05, 0.1) is 41.8 Å². The Bertz CT molecular complexity index is 741. The summed E-state index contributed by atoms with van der Waals surface area (Å²) in [5.74, 6) is 1.98. The van der Waals surface area contributed by atoms with E-state index in [1.54, 1.807) is 46.8 Å². The lowest BCUT2D eigenvalue weighted by Crippen LogP contribution is -1.98. The molecule has 2 aromatic rings. The van der Waals surface area contributed by atoms with E-state index in [9.17, 15) is 5.11 Å². The average Bonchev–Trinajstić information content (AvgIpc) is 2.64. The van der Waals surface area contributed by atoms with E-state index in [4.69, 9.17) is 23.7 Å². The van der Waals surface area contributed by atoms with Crippen molar-refractivity contribution in [2.24, 2.45) is 0 Å². The maximum atomic E-state index is 10.1. The molecule has 1 N–H and O–H groups in total. The lowest BCUT2D eigenvalue weighted by molar-refractivity contribution is 0.324. The van der Waals surface area contributed by atoms with Crippen LogP contribution in [0.15, 0.2) is 36.6 Å². The molecule has 0 aliphatic rings. The summed E-state index contributed by atoms with van der Waals surface area (Å²) in [4.78, 5) is 0. The first-order chi connectivity index (χ1) is 12.1. The SMILES string of the molecule is CO/C=C(/c1ccc(OC)c(O)c1)c1cc(OC)c(OC)c(OC)c1. The van der Waals surface area contributed by atoms with Gasteiger partial charge in [-0.15, -0.1) is 0 Å². The van der Waals surface area contributed by atoms with Gasteiger partial charge in [0, 0.05) is 5.57 Å². The zero-order chi connectivity index (χ0) is 18.4. The molecule has 0 aliphatic carbocycles.